The van der Waals surface area contributed by atoms with Crippen molar-refractivity contribution in [2.75, 3.05) is 13.1 Å². The number of para-hydroxylation sites is 1. The number of carboxylic acid groups (broad SMARTS) is 1. The van der Waals surface area contributed by atoms with E-state index in [0.717, 1.165) is 61.7 Å². The van der Waals surface area contributed by atoms with E-state index in [-0.39, 0.29) is 11.3 Å². The van der Waals surface area contributed by atoms with Gasteiger partial charge in [0.25, 0.3) is 5.79 Å². The molecule has 9 heteroatoms. The van der Waals surface area contributed by atoms with Crippen LogP contribution < -0.4 is 9.47 Å². The van der Waals surface area contributed by atoms with E-state index >= 15 is 0 Å². The van der Waals surface area contributed by atoms with E-state index in [1.165, 1.54) is 12.1 Å². The molecule has 2 fully saturated rings. The Kier molecular flexibility index (Phi) is 7.42. The zero-order chi connectivity index (χ0) is 29.5. The third-order valence-corrected chi connectivity index (χ3v) is 8.79. The molecule has 1 aromatic heterocycles. The highest BCUT2D eigenvalue weighted by Gasteiger charge is 2.44. The maximum absolute atomic E-state index is 14.8. The van der Waals surface area contributed by atoms with Crippen LogP contribution in [-0.4, -0.2) is 34.0 Å². The zero-order valence-corrected chi connectivity index (χ0v) is 24.0. The second-order valence-corrected chi connectivity index (χ2v) is 12.1. The van der Waals surface area contributed by atoms with E-state index in [2.05, 4.69) is 17.0 Å². The lowest BCUT2D eigenvalue weighted by Gasteiger charge is -2.33. The number of aromatic nitrogens is 1. The lowest BCUT2D eigenvalue weighted by Crippen LogP contribution is -2.34. The Morgan fingerprint density at radius 3 is 2.71 bits per heavy atom. The van der Waals surface area contributed by atoms with Crippen molar-refractivity contribution in [2.24, 2.45) is 5.41 Å². The van der Waals surface area contributed by atoms with Crippen LogP contribution in [0.15, 0.2) is 54.7 Å². The summed E-state index contributed by atoms with van der Waals surface area (Å²) in [6.07, 6.45) is 8.52. The number of pyridine rings is 1. The number of ether oxygens (including phenoxy) is 2. The van der Waals surface area contributed by atoms with Crippen LogP contribution in [0.2, 0.25) is 5.02 Å². The van der Waals surface area contributed by atoms with Crippen LogP contribution >= 0.6 is 11.6 Å². The summed E-state index contributed by atoms with van der Waals surface area (Å²) >= 11 is 5.96. The number of nitrogens with zero attached hydrogens (tertiary/aromatic N) is 3. The Morgan fingerprint density at radius 1 is 1.24 bits per heavy atom. The lowest BCUT2D eigenvalue weighted by molar-refractivity contribution is -0.131. The normalized spacial score (nSPS) is 21.4. The molecule has 1 aliphatic carbocycles. The number of carbonyl (C=O) groups is 1. The number of likely N-dealkylation sites (tertiary alicyclic amines) is 1. The molecule has 2 aromatic carbocycles. The molecule has 3 heterocycles. The summed E-state index contributed by atoms with van der Waals surface area (Å²) in [5.41, 5.74) is 3.67. The van der Waals surface area contributed by atoms with Gasteiger partial charge in [-0.15, -0.1) is 0 Å². The summed E-state index contributed by atoms with van der Waals surface area (Å²) in [6, 6.07) is 14.8. The molecule has 216 valence electrons. The summed E-state index contributed by atoms with van der Waals surface area (Å²) in [6.45, 7) is 4.08. The van der Waals surface area contributed by atoms with Gasteiger partial charge < -0.3 is 14.6 Å². The van der Waals surface area contributed by atoms with Crippen LogP contribution in [-0.2, 0) is 23.5 Å². The van der Waals surface area contributed by atoms with Crippen LogP contribution in [0.1, 0.15) is 66.5 Å². The van der Waals surface area contributed by atoms with Crippen molar-refractivity contribution in [3.05, 3.63) is 93.5 Å². The second kappa shape index (κ2) is 11.0. The highest BCUT2D eigenvalue weighted by molar-refractivity contribution is 6.30. The third-order valence-electron chi connectivity index (χ3n) is 8.55. The molecule has 1 N–H and O–H groups in total. The van der Waals surface area contributed by atoms with Gasteiger partial charge in [-0.2, -0.15) is 5.26 Å². The number of carboxylic acids is 1. The van der Waals surface area contributed by atoms with Crippen molar-refractivity contribution in [2.45, 2.75) is 57.3 Å². The number of halogens is 2. The minimum Gasteiger partial charge on any atom is -0.478 e. The quantitative estimate of drug-likeness (QED) is 0.288. The van der Waals surface area contributed by atoms with Gasteiger partial charge in [0.05, 0.1) is 22.7 Å². The van der Waals surface area contributed by atoms with Gasteiger partial charge >= 0.3 is 5.97 Å². The van der Waals surface area contributed by atoms with Crippen molar-refractivity contribution >= 4 is 23.6 Å². The van der Waals surface area contributed by atoms with E-state index in [0.29, 0.717) is 40.6 Å². The molecule has 0 amide bonds. The number of nitriles is 1. The first-order valence-electron chi connectivity index (χ1n) is 14.2. The third kappa shape index (κ3) is 5.72. The molecule has 2 aliphatic heterocycles. The summed E-state index contributed by atoms with van der Waals surface area (Å²) < 4.78 is 27.3. The Morgan fingerprint density at radius 2 is 2.02 bits per heavy atom. The summed E-state index contributed by atoms with van der Waals surface area (Å²) in [5, 5.41) is 19.0. The molecule has 42 heavy (non-hydrogen) atoms. The van der Waals surface area contributed by atoms with Gasteiger partial charge in [0.1, 0.15) is 5.82 Å². The smallest absolute Gasteiger partial charge is 0.328 e. The molecule has 1 atom stereocenters. The lowest BCUT2D eigenvalue weighted by atomic mass is 9.88. The fraction of sp³-hybridized carbons (Fsp3) is 0.364. The largest absolute Gasteiger partial charge is 0.478 e. The fourth-order valence-electron chi connectivity index (χ4n) is 6.01. The first-order chi connectivity index (χ1) is 20.2. The molecule has 0 spiro atoms. The Bertz CT molecular complexity index is 1610. The van der Waals surface area contributed by atoms with Gasteiger partial charge in [-0.3, -0.25) is 9.88 Å². The zero-order valence-electron chi connectivity index (χ0n) is 23.3. The molecular formula is C33H31ClFN3O4. The highest BCUT2D eigenvalue weighted by Crippen LogP contribution is 2.50. The van der Waals surface area contributed by atoms with Crippen molar-refractivity contribution in [3.8, 4) is 17.6 Å². The standard InChI is InChI=1S/C33H31ClFN3O4/c1-32(26-7-6-24(34)16-27(26)35)41-29-4-2-3-25(31(29)42-32)22-9-13-38(14-10-22)19-28-23(17-33(20-36)11-12-33)15-21(18-37-28)5-8-30(39)40/h2-8,15-16,18,22H,9-14,17,19H2,1H3,(H,39,40)/b8-5+/t32-/m1/s1. The van der Waals surface area contributed by atoms with E-state index in [1.54, 1.807) is 25.3 Å². The average Bonchev–Trinajstić information content (AvgIpc) is 3.65. The topological polar surface area (TPSA) is 95.7 Å². The van der Waals surface area contributed by atoms with Crippen LogP contribution in [0.25, 0.3) is 6.08 Å². The van der Waals surface area contributed by atoms with Crippen molar-refractivity contribution in [1.82, 2.24) is 9.88 Å². The number of benzene rings is 2. The molecule has 1 saturated carbocycles. The molecule has 0 unspecified atom stereocenters. The maximum Gasteiger partial charge on any atom is 0.328 e. The first-order valence-corrected chi connectivity index (χ1v) is 14.5. The van der Waals surface area contributed by atoms with Gasteiger partial charge in [-0.1, -0.05) is 23.7 Å². The highest BCUT2D eigenvalue weighted by atomic mass is 35.5. The molecule has 1 saturated heterocycles. The number of hydrogen-bond acceptors (Lipinski definition) is 6. The van der Waals surface area contributed by atoms with E-state index < -0.39 is 17.6 Å². The monoisotopic (exact) mass is 587 g/mol. The van der Waals surface area contributed by atoms with Gasteiger partial charge in [0.2, 0.25) is 0 Å². The van der Waals surface area contributed by atoms with Crippen molar-refractivity contribution in [3.63, 3.8) is 0 Å². The van der Waals surface area contributed by atoms with E-state index in [1.807, 2.05) is 18.2 Å². The molecule has 7 nitrogen and oxygen atoms in total. The van der Waals surface area contributed by atoms with E-state index in [9.17, 15) is 14.4 Å². The minimum absolute atomic E-state index is 0.251. The number of fused-ring (bicyclic) bond motifs is 1. The number of aliphatic carboxylic acids is 1. The number of piperidine rings is 1. The summed E-state index contributed by atoms with van der Waals surface area (Å²) in [7, 11) is 0. The SMILES string of the molecule is C[C@@]1(c2ccc(Cl)cc2F)Oc2cccc(C3CCN(Cc4ncc(/C=C/C(=O)O)cc4CC4(C#N)CC4)CC3)c2O1. The second-order valence-electron chi connectivity index (χ2n) is 11.6. The van der Waals surface area contributed by atoms with Crippen LogP contribution in [0.4, 0.5) is 4.39 Å². The Labute approximate surface area is 249 Å². The molecule has 0 radical (unpaired) electrons. The number of rotatable bonds is 8. The van der Waals surface area contributed by atoms with Crippen molar-refractivity contribution in [1.29, 1.82) is 5.26 Å². The Hall–Kier alpha value is -3.93. The van der Waals surface area contributed by atoms with Gasteiger partial charge in [0.15, 0.2) is 11.5 Å². The van der Waals surface area contributed by atoms with Gasteiger partial charge in [-0.25, -0.2) is 9.18 Å². The predicted molar refractivity (Wildman–Crippen MR) is 156 cm³/mol. The molecular weight excluding hydrogens is 557 g/mol. The molecule has 0 bridgehead atoms. The average molecular weight is 588 g/mol. The van der Waals surface area contributed by atoms with Crippen molar-refractivity contribution < 1.29 is 23.8 Å². The van der Waals surface area contributed by atoms with Crippen LogP contribution in [0.5, 0.6) is 11.5 Å². The summed E-state index contributed by atoms with van der Waals surface area (Å²) in [4.78, 5) is 18.1. The minimum atomic E-state index is -1.29. The maximum atomic E-state index is 14.8. The van der Waals surface area contributed by atoms with E-state index in [4.69, 9.17) is 31.2 Å². The van der Waals surface area contributed by atoms with Crippen LogP contribution in [0, 0.1) is 22.6 Å². The summed E-state index contributed by atoms with van der Waals surface area (Å²) in [5.74, 6) is -1.26. The van der Waals surface area contributed by atoms with Crippen LogP contribution in [0.3, 0.4) is 0 Å². The molecule has 3 aliphatic rings. The first kappa shape index (κ1) is 28.2. The van der Waals surface area contributed by atoms with Gasteiger partial charge in [-0.05, 0) is 98.6 Å². The van der Waals surface area contributed by atoms with Gasteiger partial charge in [0, 0.05) is 36.3 Å². The molecule has 3 aromatic rings. The predicted octanol–water partition coefficient (Wildman–Crippen LogP) is 6.84. The number of hydrogen-bond donors (Lipinski definition) is 1. The molecule has 6 rings (SSSR count). The Balaban J connectivity index is 1.16. The fourth-order valence-corrected chi connectivity index (χ4v) is 6.16.